The van der Waals surface area contributed by atoms with E-state index in [1.165, 1.54) is 18.2 Å². The Morgan fingerprint density at radius 3 is 2.50 bits per heavy atom. The monoisotopic (exact) mass is 350 g/mol. The van der Waals surface area contributed by atoms with Gasteiger partial charge < -0.3 is 19.4 Å². The number of hydrogen-bond donors (Lipinski definition) is 2. The van der Waals surface area contributed by atoms with Crippen LogP contribution in [0.25, 0.3) is 27.8 Å². The van der Waals surface area contributed by atoms with Gasteiger partial charge in [0.15, 0.2) is 5.75 Å². The highest BCUT2D eigenvalue weighted by Crippen LogP contribution is 2.35. The number of rotatable bonds is 3. The molecule has 2 aromatic heterocycles. The number of benzene rings is 2. The van der Waals surface area contributed by atoms with Crippen LogP contribution in [0.3, 0.4) is 0 Å². The largest absolute Gasteiger partial charge is 0.505 e. The number of nitrogens with one attached hydrogen (secondary N) is 1. The number of methoxy groups -OCH3 is 1. The molecule has 2 heterocycles. The van der Waals surface area contributed by atoms with Gasteiger partial charge >= 0.3 is 0 Å². The van der Waals surface area contributed by atoms with Crippen molar-refractivity contribution in [1.29, 1.82) is 0 Å². The predicted octanol–water partition coefficient (Wildman–Crippen LogP) is 3.84. The Kier molecular flexibility index (Phi) is 3.73. The third kappa shape index (κ3) is 2.43. The molecule has 0 fully saturated rings. The summed E-state index contributed by atoms with van der Waals surface area (Å²) in [7, 11) is 1.58. The van der Waals surface area contributed by atoms with Crippen molar-refractivity contribution >= 4 is 11.0 Å². The van der Waals surface area contributed by atoms with Gasteiger partial charge in [-0.3, -0.25) is 4.79 Å². The molecular formula is C20H15FN2O3. The highest BCUT2D eigenvalue weighted by molar-refractivity contribution is 5.91. The standard InChI is InChI=1S/C20H15FN2O3/c1-26-13-8-6-12(7-9-13)23-11-10-16-18(23)19(24)17(20(25)22-16)14-4-2-3-5-15(14)21/h2-11H,1H3,(H2,22,24,25). The second-order valence-corrected chi connectivity index (χ2v) is 5.80. The molecule has 2 aromatic carbocycles. The van der Waals surface area contributed by atoms with Crippen LogP contribution in [-0.2, 0) is 0 Å². The van der Waals surface area contributed by atoms with Gasteiger partial charge in [0.1, 0.15) is 17.1 Å². The van der Waals surface area contributed by atoms with E-state index in [-0.39, 0.29) is 16.9 Å². The molecule has 130 valence electrons. The molecule has 0 saturated heterocycles. The number of ether oxygens (including phenoxy) is 1. The number of nitrogens with zero attached hydrogens (tertiary/aromatic N) is 1. The Labute approximate surface area is 147 Å². The van der Waals surface area contributed by atoms with Gasteiger partial charge in [0.2, 0.25) is 0 Å². The Bertz CT molecular complexity index is 1160. The molecule has 0 unspecified atom stereocenters. The fraction of sp³-hybridized carbons (Fsp3) is 0.0500. The highest BCUT2D eigenvalue weighted by Gasteiger charge is 2.19. The second kappa shape index (κ2) is 6.07. The first-order chi connectivity index (χ1) is 12.6. The summed E-state index contributed by atoms with van der Waals surface area (Å²) >= 11 is 0. The molecule has 2 N–H and O–H groups in total. The minimum absolute atomic E-state index is 0.0515. The molecular weight excluding hydrogens is 335 g/mol. The van der Waals surface area contributed by atoms with Gasteiger partial charge in [0.05, 0.1) is 18.2 Å². The number of fused-ring (bicyclic) bond motifs is 1. The van der Waals surface area contributed by atoms with Gasteiger partial charge in [0, 0.05) is 17.4 Å². The van der Waals surface area contributed by atoms with Gasteiger partial charge in [0.25, 0.3) is 5.56 Å². The van der Waals surface area contributed by atoms with Crippen molar-refractivity contribution in [1.82, 2.24) is 9.55 Å². The van der Waals surface area contributed by atoms with Crippen molar-refractivity contribution in [3.05, 3.63) is 77.0 Å². The minimum atomic E-state index is -0.574. The summed E-state index contributed by atoms with van der Waals surface area (Å²) < 4.78 is 21.1. The summed E-state index contributed by atoms with van der Waals surface area (Å²) in [6.07, 6.45) is 1.73. The first kappa shape index (κ1) is 16.0. The van der Waals surface area contributed by atoms with E-state index < -0.39 is 11.4 Å². The van der Waals surface area contributed by atoms with Crippen LogP contribution in [0.4, 0.5) is 4.39 Å². The van der Waals surface area contributed by atoms with E-state index in [0.717, 1.165) is 5.69 Å². The summed E-state index contributed by atoms with van der Waals surface area (Å²) in [5.74, 6) is -0.139. The van der Waals surface area contributed by atoms with E-state index in [9.17, 15) is 14.3 Å². The van der Waals surface area contributed by atoms with Crippen LogP contribution in [0.5, 0.6) is 11.5 Å². The van der Waals surface area contributed by atoms with Crippen molar-refractivity contribution in [3.63, 3.8) is 0 Å². The lowest BCUT2D eigenvalue weighted by Crippen LogP contribution is -2.10. The Hall–Kier alpha value is -3.54. The zero-order chi connectivity index (χ0) is 18.3. The minimum Gasteiger partial charge on any atom is -0.505 e. The van der Waals surface area contributed by atoms with Crippen molar-refractivity contribution in [2.45, 2.75) is 0 Å². The summed E-state index contributed by atoms with van der Waals surface area (Å²) in [6.45, 7) is 0. The Morgan fingerprint density at radius 2 is 1.81 bits per heavy atom. The molecule has 0 aliphatic carbocycles. The van der Waals surface area contributed by atoms with Gasteiger partial charge in [-0.15, -0.1) is 0 Å². The average molecular weight is 350 g/mol. The number of aromatic amines is 1. The van der Waals surface area contributed by atoms with E-state index in [1.807, 2.05) is 12.1 Å². The third-order valence-electron chi connectivity index (χ3n) is 4.32. The molecule has 0 aliphatic heterocycles. The zero-order valence-electron chi connectivity index (χ0n) is 13.9. The van der Waals surface area contributed by atoms with Gasteiger partial charge in [-0.25, -0.2) is 4.39 Å². The van der Waals surface area contributed by atoms with Crippen LogP contribution in [-0.4, -0.2) is 21.8 Å². The SMILES string of the molecule is COc1ccc(-n2ccc3[nH]c(=O)c(-c4ccccc4F)c(O)c32)cc1. The van der Waals surface area contributed by atoms with Crippen molar-refractivity contribution in [2.75, 3.05) is 7.11 Å². The van der Waals surface area contributed by atoms with E-state index in [4.69, 9.17) is 4.74 Å². The molecule has 0 aliphatic rings. The lowest BCUT2D eigenvalue weighted by atomic mass is 10.1. The Balaban J connectivity index is 1.99. The van der Waals surface area contributed by atoms with E-state index >= 15 is 0 Å². The second-order valence-electron chi connectivity index (χ2n) is 5.80. The van der Waals surface area contributed by atoms with E-state index in [0.29, 0.717) is 16.8 Å². The molecule has 4 rings (SSSR count). The molecule has 4 aromatic rings. The molecule has 0 spiro atoms. The highest BCUT2D eigenvalue weighted by atomic mass is 19.1. The zero-order valence-corrected chi connectivity index (χ0v) is 13.9. The molecule has 0 saturated carbocycles. The maximum Gasteiger partial charge on any atom is 0.260 e. The van der Waals surface area contributed by atoms with Gasteiger partial charge in [-0.05, 0) is 36.4 Å². The van der Waals surface area contributed by atoms with Crippen molar-refractivity contribution in [3.8, 4) is 28.3 Å². The maximum atomic E-state index is 14.2. The van der Waals surface area contributed by atoms with Crippen LogP contribution in [0.2, 0.25) is 0 Å². The van der Waals surface area contributed by atoms with Crippen LogP contribution < -0.4 is 10.3 Å². The number of aromatic hydroxyl groups is 1. The van der Waals surface area contributed by atoms with Gasteiger partial charge in [-0.2, -0.15) is 0 Å². The fourth-order valence-electron chi connectivity index (χ4n) is 3.06. The quantitative estimate of drug-likeness (QED) is 0.590. The summed E-state index contributed by atoms with van der Waals surface area (Å²) in [5, 5.41) is 10.8. The van der Waals surface area contributed by atoms with Crippen LogP contribution in [0, 0.1) is 5.82 Å². The molecule has 0 bridgehead atoms. The van der Waals surface area contributed by atoms with E-state index in [1.54, 1.807) is 42.1 Å². The average Bonchev–Trinajstić information content (AvgIpc) is 3.07. The van der Waals surface area contributed by atoms with Crippen molar-refractivity contribution < 1.29 is 14.2 Å². The number of H-pyrrole nitrogens is 1. The summed E-state index contributed by atoms with van der Waals surface area (Å²) in [6, 6.07) is 14.8. The predicted molar refractivity (Wildman–Crippen MR) is 97.5 cm³/mol. The smallest absolute Gasteiger partial charge is 0.260 e. The lowest BCUT2D eigenvalue weighted by Gasteiger charge is -2.11. The third-order valence-corrected chi connectivity index (χ3v) is 4.32. The molecule has 6 heteroatoms. The van der Waals surface area contributed by atoms with E-state index in [2.05, 4.69) is 4.98 Å². The fourth-order valence-corrected chi connectivity index (χ4v) is 3.06. The maximum absolute atomic E-state index is 14.2. The van der Waals surface area contributed by atoms with Crippen LogP contribution in [0.15, 0.2) is 65.6 Å². The van der Waals surface area contributed by atoms with Crippen molar-refractivity contribution in [2.24, 2.45) is 0 Å². The van der Waals surface area contributed by atoms with Gasteiger partial charge in [-0.1, -0.05) is 18.2 Å². The molecule has 0 radical (unpaired) electrons. The number of hydrogen-bond acceptors (Lipinski definition) is 3. The number of pyridine rings is 1. The van der Waals surface area contributed by atoms with Crippen LogP contribution in [0.1, 0.15) is 0 Å². The first-order valence-corrected chi connectivity index (χ1v) is 7.96. The normalized spacial score (nSPS) is 11.0. The first-order valence-electron chi connectivity index (χ1n) is 7.96. The summed E-state index contributed by atoms with van der Waals surface area (Å²) in [4.78, 5) is 15.1. The molecule has 0 atom stereocenters. The molecule has 0 amide bonds. The number of aromatic nitrogens is 2. The number of halogens is 1. The topological polar surface area (TPSA) is 67.2 Å². The molecule has 26 heavy (non-hydrogen) atoms. The summed E-state index contributed by atoms with van der Waals surface area (Å²) in [5.41, 5.74) is 1.03. The van der Waals surface area contributed by atoms with Crippen LogP contribution >= 0.6 is 0 Å². The molecule has 5 nitrogen and oxygen atoms in total. The Morgan fingerprint density at radius 1 is 1.08 bits per heavy atom. The lowest BCUT2D eigenvalue weighted by molar-refractivity contribution is 0.415.